The molecular formula is C13H13N3O. The molecule has 3 aromatic heterocycles. The Kier molecular flexibility index (Phi) is 1.98. The number of rotatable bonds is 1. The van der Waals surface area contributed by atoms with E-state index in [1.165, 1.54) is 0 Å². The number of hydrogen-bond acceptors (Lipinski definition) is 3. The van der Waals surface area contributed by atoms with Crippen molar-refractivity contribution in [3.05, 3.63) is 41.8 Å². The van der Waals surface area contributed by atoms with E-state index in [0.717, 1.165) is 17.0 Å². The molecule has 2 N–H and O–H groups in total. The van der Waals surface area contributed by atoms with E-state index >= 15 is 0 Å². The van der Waals surface area contributed by atoms with E-state index in [-0.39, 0.29) is 0 Å². The summed E-state index contributed by atoms with van der Waals surface area (Å²) in [5.74, 6) is 2.17. The summed E-state index contributed by atoms with van der Waals surface area (Å²) in [4.78, 5) is 4.50. The van der Waals surface area contributed by atoms with E-state index in [2.05, 4.69) is 4.98 Å². The van der Waals surface area contributed by atoms with Gasteiger partial charge in [-0.05, 0) is 43.7 Å². The van der Waals surface area contributed by atoms with Crippen molar-refractivity contribution in [3.8, 4) is 11.5 Å². The summed E-state index contributed by atoms with van der Waals surface area (Å²) in [6.45, 7) is 3.93. The molecule has 0 aliphatic carbocycles. The fourth-order valence-corrected chi connectivity index (χ4v) is 1.91. The molecule has 0 aliphatic heterocycles. The van der Waals surface area contributed by atoms with Crippen molar-refractivity contribution >= 4 is 11.5 Å². The minimum atomic E-state index is 0.606. The van der Waals surface area contributed by atoms with Gasteiger partial charge in [-0.1, -0.05) is 0 Å². The molecule has 4 heteroatoms. The van der Waals surface area contributed by atoms with Crippen molar-refractivity contribution < 1.29 is 4.42 Å². The topological polar surface area (TPSA) is 56.5 Å². The van der Waals surface area contributed by atoms with Gasteiger partial charge in [-0.25, -0.2) is 4.98 Å². The lowest BCUT2D eigenvalue weighted by molar-refractivity contribution is 0.547. The molecule has 3 heterocycles. The van der Waals surface area contributed by atoms with Crippen LogP contribution in [0.5, 0.6) is 0 Å². The summed E-state index contributed by atoms with van der Waals surface area (Å²) in [6, 6.07) is 7.79. The lowest BCUT2D eigenvalue weighted by Crippen LogP contribution is -1.93. The Bertz CT molecular complexity index is 694. The van der Waals surface area contributed by atoms with Crippen molar-refractivity contribution in [1.29, 1.82) is 0 Å². The Morgan fingerprint density at radius 2 is 2.06 bits per heavy atom. The van der Waals surface area contributed by atoms with Crippen LogP contribution in [0.4, 0.5) is 5.82 Å². The van der Waals surface area contributed by atoms with Gasteiger partial charge in [0.2, 0.25) is 0 Å². The number of pyridine rings is 1. The van der Waals surface area contributed by atoms with Gasteiger partial charge in [-0.2, -0.15) is 0 Å². The fraction of sp³-hybridized carbons (Fsp3) is 0.154. The number of nitrogens with zero attached hydrogens (tertiary/aromatic N) is 2. The molecule has 0 unspecified atom stereocenters. The molecule has 3 rings (SSSR count). The lowest BCUT2D eigenvalue weighted by atomic mass is 10.3. The highest BCUT2D eigenvalue weighted by Crippen LogP contribution is 2.27. The number of furan rings is 1. The third kappa shape index (κ3) is 1.49. The third-order valence-corrected chi connectivity index (χ3v) is 2.79. The lowest BCUT2D eigenvalue weighted by Gasteiger charge is -1.97. The molecule has 0 atom stereocenters. The Labute approximate surface area is 98.7 Å². The van der Waals surface area contributed by atoms with Crippen LogP contribution in [-0.2, 0) is 0 Å². The Morgan fingerprint density at radius 1 is 1.24 bits per heavy atom. The molecule has 0 fully saturated rings. The van der Waals surface area contributed by atoms with Crippen molar-refractivity contribution in [2.75, 3.05) is 5.73 Å². The molecular weight excluding hydrogens is 214 g/mol. The highest BCUT2D eigenvalue weighted by molar-refractivity contribution is 5.71. The van der Waals surface area contributed by atoms with Gasteiger partial charge in [0, 0.05) is 6.20 Å². The molecule has 0 bridgehead atoms. The van der Waals surface area contributed by atoms with Gasteiger partial charge in [0.05, 0.1) is 0 Å². The number of aryl methyl sites for hydroxylation is 2. The van der Waals surface area contributed by atoms with Crippen LogP contribution in [0.2, 0.25) is 0 Å². The molecule has 4 nitrogen and oxygen atoms in total. The zero-order valence-corrected chi connectivity index (χ0v) is 9.77. The van der Waals surface area contributed by atoms with Gasteiger partial charge in [-0.15, -0.1) is 0 Å². The molecule has 0 radical (unpaired) electrons. The van der Waals surface area contributed by atoms with E-state index in [0.29, 0.717) is 17.3 Å². The number of anilines is 1. The number of aromatic nitrogens is 2. The van der Waals surface area contributed by atoms with Crippen LogP contribution < -0.4 is 5.73 Å². The first-order valence-electron chi connectivity index (χ1n) is 5.46. The monoisotopic (exact) mass is 227 g/mol. The largest absolute Gasteiger partial charge is 0.460 e. The predicted octanol–water partition coefficient (Wildman–Crippen LogP) is 2.79. The standard InChI is InChI=1S/C13H13N3O/c1-8-5-6-16-11(7-8)15-12(13(16)14)10-4-3-9(2)17-10/h3-7H,14H2,1-2H3. The highest BCUT2D eigenvalue weighted by atomic mass is 16.3. The smallest absolute Gasteiger partial charge is 0.156 e. The van der Waals surface area contributed by atoms with Crippen LogP contribution in [0.25, 0.3) is 17.1 Å². The van der Waals surface area contributed by atoms with Crippen LogP contribution in [0.3, 0.4) is 0 Å². The Balaban J connectivity index is 2.27. The second-order valence-electron chi connectivity index (χ2n) is 4.19. The number of hydrogen-bond donors (Lipinski definition) is 1. The molecule has 0 aromatic carbocycles. The number of fused-ring (bicyclic) bond motifs is 1. The van der Waals surface area contributed by atoms with Crippen LogP contribution in [0, 0.1) is 13.8 Å². The number of nitrogen functional groups attached to an aromatic ring is 1. The quantitative estimate of drug-likeness (QED) is 0.695. The molecule has 3 aromatic rings. The Morgan fingerprint density at radius 3 is 2.76 bits per heavy atom. The summed E-state index contributed by atoms with van der Waals surface area (Å²) < 4.78 is 7.42. The van der Waals surface area contributed by atoms with Gasteiger partial charge in [0.25, 0.3) is 0 Å². The molecule has 86 valence electrons. The summed E-state index contributed by atoms with van der Waals surface area (Å²) in [5, 5.41) is 0. The summed E-state index contributed by atoms with van der Waals surface area (Å²) in [7, 11) is 0. The van der Waals surface area contributed by atoms with Gasteiger partial charge < -0.3 is 10.2 Å². The molecule has 0 aliphatic rings. The zero-order valence-electron chi connectivity index (χ0n) is 9.77. The maximum atomic E-state index is 6.07. The van der Waals surface area contributed by atoms with Gasteiger partial charge in [0.15, 0.2) is 5.76 Å². The molecule has 0 saturated heterocycles. The van der Waals surface area contributed by atoms with Crippen molar-refractivity contribution in [2.45, 2.75) is 13.8 Å². The highest BCUT2D eigenvalue weighted by Gasteiger charge is 2.13. The third-order valence-electron chi connectivity index (χ3n) is 2.79. The van der Waals surface area contributed by atoms with Crippen LogP contribution >= 0.6 is 0 Å². The van der Waals surface area contributed by atoms with E-state index in [4.69, 9.17) is 10.2 Å². The van der Waals surface area contributed by atoms with E-state index < -0.39 is 0 Å². The molecule has 0 saturated carbocycles. The second-order valence-corrected chi connectivity index (χ2v) is 4.19. The average molecular weight is 227 g/mol. The summed E-state index contributed by atoms with van der Waals surface area (Å²) >= 11 is 0. The predicted molar refractivity (Wildman–Crippen MR) is 66.8 cm³/mol. The normalized spacial score (nSPS) is 11.2. The number of nitrogens with two attached hydrogens (primary N) is 1. The summed E-state index contributed by atoms with van der Waals surface area (Å²) in [5.41, 5.74) is 8.77. The first-order valence-corrected chi connectivity index (χ1v) is 5.46. The summed E-state index contributed by atoms with van der Waals surface area (Å²) in [6.07, 6.45) is 1.92. The average Bonchev–Trinajstić information content (AvgIpc) is 2.83. The first kappa shape index (κ1) is 9.96. The fourth-order valence-electron chi connectivity index (χ4n) is 1.91. The first-order chi connectivity index (χ1) is 8.15. The van der Waals surface area contributed by atoms with Crippen LogP contribution in [0.15, 0.2) is 34.9 Å². The van der Waals surface area contributed by atoms with Crippen molar-refractivity contribution in [3.63, 3.8) is 0 Å². The second kappa shape index (κ2) is 3.38. The van der Waals surface area contributed by atoms with Gasteiger partial charge in [-0.3, -0.25) is 4.40 Å². The molecule has 0 spiro atoms. The van der Waals surface area contributed by atoms with Gasteiger partial charge >= 0.3 is 0 Å². The zero-order chi connectivity index (χ0) is 12.0. The maximum absolute atomic E-state index is 6.07. The van der Waals surface area contributed by atoms with Crippen molar-refractivity contribution in [1.82, 2.24) is 9.38 Å². The maximum Gasteiger partial charge on any atom is 0.156 e. The van der Waals surface area contributed by atoms with Crippen LogP contribution in [0.1, 0.15) is 11.3 Å². The minimum absolute atomic E-state index is 0.606. The van der Waals surface area contributed by atoms with E-state index in [1.807, 2.05) is 48.7 Å². The van der Waals surface area contributed by atoms with E-state index in [1.54, 1.807) is 0 Å². The molecule has 17 heavy (non-hydrogen) atoms. The van der Waals surface area contributed by atoms with Crippen LogP contribution in [-0.4, -0.2) is 9.38 Å². The number of imidazole rings is 1. The minimum Gasteiger partial charge on any atom is -0.460 e. The van der Waals surface area contributed by atoms with Gasteiger partial charge in [0.1, 0.15) is 22.9 Å². The Hall–Kier alpha value is -2.23. The van der Waals surface area contributed by atoms with Crippen molar-refractivity contribution in [2.24, 2.45) is 0 Å². The molecule has 0 amide bonds. The SMILES string of the molecule is Cc1ccn2c(N)c(-c3ccc(C)o3)nc2c1. The van der Waals surface area contributed by atoms with E-state index in [9.17, 15) is 0 Å².